The van der Waals surface area contributed by atoms with Crippen molar-refractivity contribution in [1.29, 1.82) is 0 Å². The first-order valence-corrected chi connectivity index (χ1v) is 28.0. The summed E-state index contributed by atoms with van der Waals surface area (Å²) in [6.45, 7) is 14.3. The van der Waals surface area contributed by atoms with Crippen LogP contribution in [0.3, 0.4) is 0 Å². The van der Waals surface area contributed by atoms with Gasteiger partial charge in [-0.3, -0.25) is 19.9 Å². The summed E-state index contributed by atoms with van der Waals surface area (Å²) in [5.74, 6) is 0. The van der Waals surface area contributed by atoms with Gasteiger partial charge in [0.2, 0.25) is 0 Å². The fourth-order valence-corrected chi connectivity index (χ4v) is 13.3. The Morgan fingerprint density at radius 1 is 0.210 bits per heavy atom. The predicted octanol–water partition coefficient (Wildman–Crippen LogP) is 18.3. The Labute approximate surface area is 473 Å². The molecule has 6 heteroatoms. The largest absolute Gasteiger partial charge is 0.255 e. The minimum absolute atomic E-state index is 0.207. The van der Waals surface area contributed by atoms with Crippen molar-refractivity contribution in [3.05, 3.63) is 264 Å². The standard InChI is InChI=1S/C75H56N6/c1-73(2)59-35-45(47-21-27-55-57-29-23-49(39-63(57)74(3,4)61(55)37-47)51-41-69(65-15-7-11-31-76-65)80-70(42-51)66-16-8-12-32-77-66)19-25-53(59)54-26-20-46(36-60(54)73)48-22-28-56-58-30-24-50(40-64(58)75(5,6)62(56)38-48)52-43-71(67-17-9-13-33-78-67)81-72(44-52)68-18-10-14-34-79-68/h7-44H,1-6H3. The molecule has 6 heterocycles. The normalized spacial score (nSPS) is 14.3. The van der Waals surface area contributed by atoms with Crippen LogP contribution in [0.5, 0.6) is 0 Å². The lowest BCUT2D eigenvalue weighted by atomic mass is 9.79. The maximum Gasteiger partial charge on any atom is 0.0900 e. The second-order valence-electron chi connectivity index (χ2n) is 23.5. The van der Waals surface area contributed by atoms with Crippen molar-refractivity contribution in [3.8, 4) is 123 Å². The van der Waals surface area contributed by atoms with Crippen molar-refractivity contribution in [1.82, 2.24) is 29.9 Å². The third kappa shape index (κ3) is 7.84. The van der Waals surface area contributed by atoms with Crippen LogP contribution in [0, 0.1) is 0 Å². The lowest BCUT2D eigenvalue weighted by Gasteiger charge is -2.24. The highest BCUT2D eigenvalue weighted by molar-refractivity contribution is 5.91. The second-order valence-corrected chi connectivity index (χ2v) is 23.5. The van der Waals surface area contributed by atoms with Gasteiger partial charge in [-0.05, 0) is 220 Å². The van der Waals surface area contributed by atoms with E-state index in [2.05, 4.69) is 195 Å². The van der Waals surface area contributed by atoms with E-state index in [1.54, 1.807) is 0 Å². The first-order chi connectivity index (χ1) is 39.4. The molecule has 81 heavy (non-hydrogen) atoms. The van der Waals surface area contributed by atoms with E-state index in [0.29, 0.717) is 0 Å². The van der Waals surface area contributed by atoms with Gasteiger partial charge in [-0.25, -0.2) is 9.97 Å². The SMILES string of the molecule is CC1(C)c2cc(-c3cc(-c4ccccn4)nc(-c4ccccn4)c3)ccc2-c2ccc(-c3ccc4c(c3)C(C)(C)c3cc(-c5ccc6c(c5)C(C)(C)c5cc(-c7cc(-c8ccccn8)nc(-c8ccccn8)c7)ccc5-6)ccc3-4)cc21. The number of aromatic nitrogens is 6. The van der Waals surface area contributed by atoms with Crippen molar-refractivity contribution in [2.24, 2.45) is 0 Å². The molecule has 0 amide bonds. The zero-order valence-corrected chi connectivity index (χ0v) is 46.1. The van der Waals surface area contributed by atoms with E-state index >= 15 is 0 Å². The molecular formula is C75H56N6. The van der Waals surface area contributed by atoms with E-state index in [0.717, 1.165) is 67.8 Å². The van der Waals surface area contributed by atoms with Gasteiger partial charge in [0.25, 0.3) is 0 Å². The Morgan fingerprint density at radius 3 is 0.617 bits per heavy atom. The first kappa shape index (κ1) is 48.4. The summed E-state index contributed by atoms with van der Waals surface area (Å²) in [4.78, 5) is 28.8. The number of hydrogen-bond donors (Lipinski definition) is 0. The minimum atomic E-state index is -0.227. The maximum atomic E-state index is 5.05. The summed E-state index contributed by atoms with van der Waals surface area (Å²) < 4.78 is 0. The summed E-state index contributed by atoms with van der Waals surface area (Å²) in [5.41, 5.74) is 31.2. The fraction of sp³-hybridized carbons (Fsp3) is 0.120. The molecule has 3 aliphatic carbocycles. The third-order valence-electron chi connectivity index (χ3n) is 17.7. The molecule has 0 atom stereocenters. The second kappa shape index (κ2) is 18.1. The molecule has 0 aliphatic heterocycles. The van der Waals surface area contributed by atoms with Gasteiger partial charge in [-0.1, -0.05) is 139 Å². The molecule has 0 bridgehead atoms. The summed E-state index contributed by atoms with van der Waals surface area (Å²) >= 11 is 0. The first-order valence-electron chi connectivity index (χ1n) is 28.0. The minimum Gasteiger partial charge on any atom is -0.255 e. The molecule has 0 spiro atoms. The molecule has 15 rings (SSSR count). The zero-order valence-electron chi connectivity index (χ0n) is 46.1. The third-order valence-corrected chi connectivity index (χ3v) is 17.7. The van der Waals surface area contributed by atoms with E-state index in [1.165, 1.54) is 89.0 Å². The zero-order chi connectivity index (χ0) is 54.8. The smallest absolute Gasteiger partial charge is 0.0900 e. The molecule has 0 saturated heterocycles. The lowest BCUT2D eigenvalue weighted by Crippen LogP contribution is -2.16. The average molecular weight is 1040 g/mol. The number of pyridine rings is 6. The van der Waals surface area contributed by atoms with Crippen LogP contribution in [0.1, 0.15) is 74.9 Å². The van der Waals surface area contributed by atoms with Crippen LogP contribution >= 0.6 is 0 Å². The topological polar surface area (TPSA) is 77.3 Å². The van der Waals surface area contributed by atoms with Gasteiger partial charge in [-0.15, -0.1) is 0 Å². The highest BCUT2D eigenvalue weighted by Crippen LogP contribution is 2.55. The Hall–Kier alpha value is -9.78. The van der Waals surface area contributed by atoms with Gasteiger partial charge < -0.3 is 0 Å². The summed E-state index contributed by atoms with van der Waals surface area (Å²) in [5, 5.41) is 0. The van der Waals surface area contributed by atoms with Crippen molar-refractivity contribution in [3.63, 3.8) is 0 Å². The predicted molar refractivity (Wildman–Crippen MR) is 329 cm³/mol. The number of benzene rings is 6. The Kier molecular flexibility index (Phi) is 10.8. The molecule has 0 saturated carbocycles. The monoisotopic (exact) mass is 1040 g/mol. The van der Waals surface area contributed by atoms with Crippen LogP contribution < -0.4 is 0 Å². The van der Waals surface area contributed by atoms with Gasteiger partial charge in [0, 0.05) is 41.0 Å². The van der Waals surface area contributed by atoms with E-state index in [-0.39, 0.29) is 16.2 Å². The van der Waals surface area contributed by atoms with Crippen LogP contribution in [0.4, 0.5) is 0 Å². The van der Waals surface area contributed by atoms with Crippen molar-refractivity contribution < 1.29 is 0 Å². The molecule has 6 aromatic carbocycles. The van der Waals surface area contributed by atoms with Crippen LogP contribution in [-0.2, 0) is 16.2 Å². The Morgan fingerprint density at radius 2 is 0.420 bits per heavy atom. The number of fused-ring (bicyclic) bond motifs is 9. The molecule has 0 unspecified atom stereocenters. The Balaban J connectivity index is 0.718. The van der Waals surface area contributed by atoms with E-state index < -0.39 is 0 Å². The fourth-order valence-electron chi connectivity index (χ4n) is 13.3. The quantitative estimate of drug-likeness (QED) is 0.151. The average Bonchev–Trinajstić information content (AvgIpc) is 4.17. The van der Waals surface area contributed by atoms with Crippen LogP contribution in [-0.4, -0.2) is 29.9 Å². The molecule has 3 aliphatic rings. The highest BCUT2D eigenvalue weighted by Gasteiger charge is 2.39. The molecule has 0 N–H and O–H groups in total. The van der Waals surface area contributed by atoms with Crippen molar-refractivity contribution in [2.75, 3.05) is 0 Å². The van der Waals surface area contributed by atoms with E-state index in [4.69, 9.17) is 9.97 Å². The highest BCUT2D eigenvalue weighted by atomic mass is 14.8. The molecule has 386 valence electrons. The molecule has 6 aromatic heterocycles. The lowest BCUT2D eigenvalue weighted by molar-refractivity contribution is 0.659. The van der Waals surface area contributed by atoms with Gasteiger partial charge >= 0.3 is 0 Å². The number of rotatable bonds is 8. The van der Waals surface area contributed by atoms with Gasteiger partial charge in [0.1, 0.15) is 0 Å². The molecule has 12 aromatic rings. The Bertz CT molecular complexity index is 4120. The number of nitrogens with zero attached hydrogens (tertiary/aromatic N) is 6. The van der Waals surface area contributed by atoms with Crippen molar-refractivity contribution in [2.45, 2.75) is 57.8 Å². The summed E-state index contributed by atoms with van der Waals surface area (Å²) in [6.07, 6.45) is 7.28. The number of hydrogen-bond acceptors (Lipinski definition) is 6. The molecule has 0 radical (unpaired) electrons. The van der Waals surface area contributed by atoms with Crippen LogP contribution in [0.25, 0.3) is 123 Å². The summed E-state index contributed by atoms with van der Waals surface area (Å²) in [7, 11) is 0. The van der Waals surface area contributed by atoms with Crippen LogP contribution in [0.15, 0.2) is 231 Å². The van der Waals surface area contributed by atoms with Gasteiger partial charge in [0.15, 0.2) is 0 Å². The van der Waals surface area contributed by atoms with E-state index in [9.17, 15) is 0 Å². The molecule has 6 nitrogen and oxygen atoms in total. The summed E-state index contributed by atoms with van der Waals surface area (Å²) in [6, 6.07) is 74.9. The molecule has 0 fully saturated rings. The molecular weight excluding hydrogens is 985 g/mol. The van der Waals surface area contributed by atoms with Gasteiger partial charge in [-0.2, -0.15) is 0 Å². The van der Waals surface area contributed by atoms with Gasteiger partial charge in [0.05, 0.1) is 45.6 Å². The van der Waals surface area contributed by atoms with Crippen molar-refractivity contribution >= 4 is 0 Å². The maximum absolute atomic E-state index is 5.05. The van der Waals surface area contributed by atoms with E-state index in [1.807, 2.05) is 97.6 Å². The van der Waals surface area contributed by atoms with Crippen LogP contribution in [0.2, 0.25) is 0 Å².